The Balaban J connectivity index is 1.67. The van der Waals surface area contributed by atoms with E-state index in [1.807, 2.05) is 12.1 Å². The van der Waals surface area contributed by atoms with Gasteiger partial charge in [-0.15, -0.1) is 0 Å². The molecule has 0 amide bonds. The van der Waals surface area contributed by atoms with Gasteiger partial charge in [0.2, 0.25) is 0 Å². The Kier molecular flexibility index (Phi) is 3.78. The van der Waals surface area contributed by atoms with Crippen LogP contribution in [0, 0.1) is 18.8 Å². The van der Waals surface area contributed by atoms with Crippen LogP contribution in [0.4, 0.5) is 5.69 Å². The van der Waals surface area contributed by atoms with Crippen LogP contribution in [0.25, 0.3) is 0 Å². The molecule has 5 rings (SSSR count). The third-order valence-electron chi connectivity index (χ3n) is 8.05. The fraction of sp³-hybridized carbons (Fsp3) is 0.615. The zero-order valence-electron chi connectivity index (χ0n) is 20.5. The van der Waals surface area contributed by atoms with E-state index >= 15 is 0 Å². The summed E-state index contributed by atoms with van der Waals surface area (Å²) in [5.41, 5.74) is 4.24. The van der Waals surface area contributed by atoms with Gasteiger partial charge in [-0.2, -0.15) is 0 Å². The molecule has 2 nitrogen and oxygen atoms in total. The highest BCUT2D eigenvalue weighted by atomic mass is 15.5. The maximum Gasteiger partial charge on any atom is 0.104 e. The summed E-state index contributed by atoms with van der Waals surface area (Å²) in [6.07, 6.45) is 15.4. The molecule has 1 aromatic carbocycles. The van der Waals surface area contributed by atoms with Crippen molar-refractivity contribution in [3.63, 3.8) is 0 Å². The van der Waals surface area contributed by atoms with Gasteiger partial charge in [0.05, 0.1) is 11.2 Å². The summed E-state index contributed by atoms with van der Waals surface area (Å²) < 4.78 is 26.0. The van der Waals surface area contributed by atoms with Crippen molar-refractivity contribution in [3.8, 4) is 0 Å². The Morgan fingerprint density at radius 3 is 2.21 bits per heavy atom. The summed E-state index contributed by atoms with van der Waals surface area (Å²) in [5, 5.41) is 0. The Bertz CT molecular complexity index is 890. The maximum atomic E-state index is 8.68. The lowest BCUT2D eigenvalue weighted by Gasteiger charge is -2.52. The van der Waals surface area contributed by atoms with Crippen LogP contribution in [0.5, 0.6) is 0 Å². The van der Waals surface area contributed by atoms with E-state index < -0.39 is 13.0 Å². The van der Waals surface area contributed by atoms with Crippen molar-refractivity contribution in [3.05, 3.63) is 53.4 Å². The van der Waals surface area contributed by atoms with Gasteiger partial charge in [-0.25, -0.2) is 0 Å². The number of hydrogen-bond acceptors (Lipinski definition) is 2. The molecule has 0 radical (unpaired) electrons. The topological polar surface area (TPSA) is 6.48 Å². The van der Waals surface area contributed by atoms with Crippen molar-refractivity contribution >= 4 is 5.69 Å². The number of allylic oxidation sites excluding steroid dienone is 2. The molecule has 2 aliphatic carbocycles. The first kappa shape index (κ1) is 15.2. The molecule has 0 spiro atoms. The molecular weight excluding hydrogens is 340 g/mol. The predicted molar refractivity (Wildman–Crippen MR) is 118 cm³/mol. The van der Waals surface area contributed by atoms with E-state index in [0.717, 1.165) is 22.6 Å². The first-order valence-corrected chi connectivity index (χ1v) is 11.4. The molecule has 2 unspecified atom stereocenters. The zero-order chi connectivity index (χ0) is 21.8. The van der Waals surface area contributed by atoms with Gasteiger partial charge in [-0.3, -0.25) is 0 Å². The Morgan fingerprint density at radius 1 is 0.929 bits per heavy atom. The molecular formula is C26H36N2. The minimum atomic E-state index is -2.10. The maximum absolute atomic E-state index is 8.68. The highest BCUT2D eigenvalue weighted by Crippen LogP contribution is 2.55. The van der Waals surface area contributed by atoms with Crippen LogP contribution in [0.3, 0.4) is 0 Å². The number of anilines is 1. The molecule has 2 saturated carbocycles. The number of rotatable bonds is 3. The molecule has 0 saturated heterocycles. The highest BCUT2D eigenvalue weighted by Gasteiger charge is 2.56. The summed E-state index contributed by atoms with van der Waals surface area (Å²) >= 11 is 0. The lowest BCUT2D eigenvalue weighted by atomic mass is 9.67. The van der Waals surface area contributed by atoms with E-state index in [-0.39, 0.29) is 5.54 Å². The average molecular weight is 380 g/mol. The smallest absolute Gasteiger partial charge is 0.104 e. The van der Waals surface area contributed by atoms with E-state index in [1.165, 1.54) is 57.8 Å². The molecule has 4 aliphatic rings. The molecule has 2 heteroatoms. The van der Waals surface area contributed by atoms with Gasteiger partial charge >= 0.3 is 0 Å². The van der Waals surface area contributed by atoms with Crippen LogP contribution >= 0.6 is 0 Å². The summed E-state index contributed by atoms with van der Waals surface area (Å²) in [5.74, 6) is 1.10. The largest absolute Gasteiger partial charge is 0.340 e. The zero-order valence-corrected chi connectivity index (χ0v) is 17.5. The van der Waals surface area contributed by atoms with E-state index in [1.54, 1.807) is 0 Å². The highest BCUT2D eigenvalue weighted by molar-refractivity contribution is 5.63. The van der Waals surface area contributed by atoms with Crippen molar-refractivity contribution in [2.45, 2.75) is 90.2 Å². The average Bonchev–Trinajstić information content (AvgIpc) is 3.46. The van der Waals surface area contributed by atoms with Gasteiger partial charge in [-0.1, -0.05) is 56.4 Å². The minimum absolute atomic E-state index is 0.149. The van der Waals surface area contributed by atoms with Crippen LogP contribution in [-0.2, 0) is 0 Å². The summed E-state index contributed by atoms with van der Waals surface area (Å²) in [6, 6.07) is 8.24. The van der Waals surface area contributed by atoms with Crippen molar-refractivity contribution in [2.24, 2.45) is 11.8 Å². The van der Waals surface area contributed by atoms with E-state index in [9.17, 15) is 0 Å². The second-order valence-electron chi connectivity index (χ2n) is 9.41. The molecule has 2 atom stereocenters. The second kappa shape index (κ2) is 6.97. The third kappa shape index (κ3) is 2.52. The van der Waals surface area contributed by atoms with Crippen LogP contribution in [0.2, 0.25) is 0 Å². The predicted octanol–water partition coefficient (Wildman–Crippen LogP) is 6.77. The number of benzene rings is 1. The van der Waals surface area contributed by atoms with Crippen molar-refractivity contribution in [1.82, 2.24) is 4.90 Å². The van der Waals surface area contributed by atoms with Crippen LogP contribution in [0.1, 0.15) is 81.2 Å². The number of nitrogens with zero attached hydrogens (tertiary/aromatic N) is 2. The molecule has 2 aliphatic heterocycles. The number of fused-ring (bicyclic) bond motifs is 1. The van der Waals surface area contributed by atoms with Gasteiger partial charge < -0.3 is 9.80 Å². The SMILES string of the molecule is [2H]C([2H])([2H])C1N(c2ccccc2C)C(C)=C2C=CC(C3CCCCC3)(C3CCCC3)N21. The molecule has 2 heterocycles. The Labute approximate surface area is 175 Å². The third-order valence-corrected chi connectivity index (χ3v) is 8.05. The van der Waals surface area contributed by atoms with Crippen LogP contribution in [0.15, 0.2) is 47.8 Å². The lowest BCUT2D eigenvalue weighted by Crippen LogP contribution is -2.58. The Morgan fingerprint density at radius 2 is 1.57 bits per heavy atom. The van der Waals surface area contributed by atoms with Crippen LogP contribution in [-0.4, -0.2) is 16.6 Å². The molecule has 0 bridgehead atoms. The van der Waals surface area contributed by atoms with Gasteiger partial charge in [0.15, 0.2) is 0 Å². The normalized spacial score (nSPS) is 33.4. The molecule has 0 N–H and O–H groups in total. The monoisotopic (exact) mass is 379 g/mol. The van der Waals surface area contributed by atoms with Gasteiger partial charge in [-0.05, 0) is 75.9 Å². The second-order valence-corrected chi connectivity index (χ2v) is 9.41. The summed E-state index contributed by atoms with van der Waals surface area (Å²) in [4.78, 5) is 4.53. The van der Waals surface area contributed by atoms with Gasteiger partial charge in [0.25, 0.3) is 0 Å². The first-order chi connectivity index (χ1) is 14.9. The fourth-order valence-electron chi connectivity index (χ4n) is 6.74. The van der Waals surface area contributed by atoms with E-state index in [2.05, 4.69) is 47.9 Å². The first-order valence-electron chi connectivity index (χ1n) is 12.9. The number of para-hydroxylation sites is 1. The van der Waals surface area contributed by atoms with E-state index in [0.29, 0.717) is 11.8 Å². The van der Waals surface area contributed by atoms with Gasteiger partial charge in [0.1, 0.15) is 6.17 Å². The van der Waals surface area contributed by atoms with Crippen molar-refractivity contribution in [1.29, 1.82) is 0 Å². The number of hydrogen-bond donors (Lipinski definition) is 0. The standard InChI is InChI=1S/C26H36N2/c1-19-11-7-10-16-24(19)27-20(2)25-17-18-26(28(25)21(27)3,23-14-8-9-15-23)22-12-5-4-6-13-22/h7,10-11,16-18,21-23H,4-6,8-9,12-15H2,1-3H3/i3D3. The fourth-order valence-corrected chi connectivity index (χ4v) is 6.74. The Hall–Kier alpha value is -1.70. The summed E-state index contributed by atoms with van der Waals surface area (Å²) in [7, 11) is 0. The molecule has 0 aromatic heterocycles. The molecule has 150 valence electrons. The minimum Gasteiger partial charge on any atom is -0.340 e. The molecule has 1 aromatic rings. The molecule has 28 heavy (non-hydrogen) atoms. The van der Waals surface area contributed by atoms with Crippen molar-refractivity contribution in [2.75, 3.05) is 4.90 Å². The van der Waals surface area contributed by atoms with E-state index in [4.69, 9.17) is 4.11 Å². The van der Waals surface area contributed by atoms with Crippen LogP contribution < -0.4 is 4.90 Å². The van der Waals surface area contributed by atoms with Crippen molar-refractivity contribution < 1.29 is 4.11 Å². The summed E-state index contributed by atoms with van der Waals surface area (Å²) in [6.45, 7) is 2.11. The van der Waals surface area contributed by atoms with Gasteiger partial charge in [0, 0.05) is 15.5 Å². The lowest BCUT2D eigenvalue weighted by molar-refractivity contribution is 0.0279. The molecule has 2 fully saturated rings. The number of aryl methyl sites for hydroxylation is 1. The quantitative estimate of drug-likeness (QED) is 0.571.